The molecule has 0 aromatic rings. The van der Waals surface area contributed by atoms with Crippen molar-refractivity contribution >= 4 is 0 Å². The molecule has 0 aliphatic rings. The summed E-state index contributed by atoms with van der Waals surface area (Å²) in [7, 11) is 0. The molecular formula is C6H14O. The third kappa shape index (κ3) is 3.80. The Hall–Kier alpha value is -0.0400. The second-order valence-electron chi connectivity index (χ2n) is 1.47. The molecule has 1 heteroatoms. The van der Waals surface area contributed by atoms with Crippen molar-refractivity contribution in [2.75, 3.05) is 6.56 Å². The number of hydrogen-bond acceptors (Lipinski definition) is 1. The second kappa shape index (κ2) is 4.13. The minimum absolute atomic E-state index is 0.167. The monoisotopic (exact) mass is 107 g/mol. The topological polar surface area (TPSA) is 20.2 Å². The van der Waals surface area contributed by atoms with E-state index in [1.165, 1.54) is 0 Å². The molecule has 0 saturated carbocycles. The van der Waals surface area contributed by atoms with E-state index in [0.29, 0.717) is 6.42 Å². The standard InChI is InChI=1S/C6H14O/c1-3-4-6(2)5-7/h6-7H,3-5H2,1-2H3/t6-/m1/s1/i2D3,5D2. The van der Waals surface area contributed by atoms with Crippen molar-refractivity contribution in [1.29, 1.82) is 0 Å². The van der Waals surface area contributed by atoms with Crippen molar-refractivity contribution < 1.29 is 12.0 Å². The maximum atomic E-state index is 8.92. The molecule has 0 unspecified atom stereocenters. The van der Waals surface area contributed by atoms with Crippen LogP contribution < -0.4 is 0 Å². The van der Waals surface area contributed by atoms with E-state index in [-0.39, 0.29) is 6.42 Å². The van der Waals surface area contributed by atoms with Gasteiger partial charge in [0.25, 0.3) is 0 Å². The molecule has 0 fully saturated rings. The van der Waals surface area contributed by atoms with E-state index in [2.05, 4.69) is 0 Å². The lowest BCUT2D eigenvalue weighted by molar-refractivity contribution is 0.229. The summed E-state index contributed by atoms with van der Waals surface area (Å²) in [6.45, 7) is -3.28. The molecule has 44 valence electrons. The van der Waals surface area contributed by atoms with E-state index in [4.69, 9.17) is 12.0 Å². The Bertz CT molecular complexity index is 122. The minimum atomic E-state index is -2.61. The molecular weight excluding hydrogens is 88.1 g/mol. The highest BCUT2D eigenvalue weighted by Gasteiger charge is 1.93. The van der Waals surface area contributed by atoms with Crippen molar-refractivity contribution in [3.05, 3.63) is 0 Å². The molecule has 0 spiro atoms. The van der Waals surface area contributed by atoms with Crippen molar-refractivity contribution in [2.24, 2.45) is 5.92 Å². The molecule has 1 nitrogen and oxygen atoms in total. The van der Waals surface area contributed by atoms with Crippen LogP contribution in [0.1, 0.15) is 33.5 Å². The summed E-state index contributed by atoms with van der Waals surface area (Å²) in [6, 6.07) is 0. The van der Waals surface area contributed by atoms with E-state index < -0.39 is 19.3 Å². The minimum Gasteiger partial charge on any atom is -0.396 e. The first-order valence-corrected chi connectivity index (χ1v) is 2.42. The van der Waals surface area contributed by atoms with Gasteiger partial charge in [-0.2, -0.15) is 0 Å². The molecule has 0 aromatic heterocycles. The van der Waals surface area contributed by atoms with Crippen LogP contribution in [0.3, 0.4) is 0 Å². The van der Waals surface area contributed by atoms with Gasteiger partial charge in [0.2, 0.25) is 0 Å². The number of hydrogen-bond donors (Lipinski definition) is 1. The normalized spacial score (nSPS) is 28.6. The van der Waals surface area contributed by atoms with Gasteiger partial charge in [-0.1, -0.05) is 20.2 Å². The Morgan fingerprint density at radius 3 is 2.86 bits per heavy atom. The van der Waals surface area contributed by atoms with E-state index in [9.17, 15) is 0 Å². The Morgan fingerprint density at radius 1 is 2.00 bits per heavy atom. The zero-order chi connectivity index (χ0) is 9.99. The largest absolute Gasteiger partial charge is 0.396 e. The van der Waals surface area contributed by atoms with Gasteiger partial charge in [0.1, 0.15) is 0 Å². The summed E-state index contributed by atoms with van der Waals surface area (Å²) < 4.78 is 34.8. The van der Waals surface area contributed by atoms with E-state index in [1.807, 2.05) is 0 Å². The number of aliphatic hydroxyl groups is 1. The van der Waals surface area contributed by atoms with Crippen LogP contribution in [0, 0.1) is 5.92 Å². The van der Waals surface area contributed by atoms with Crippen molar-refractivity contribution in [3.63, 3.8) is 0 Å². The molecule has 0 bridgehead atoms. The molecule has 0 amide bonds. The first kappa shape index (κ1) is 2.06. The fraction of sp³-hybridized carbons (Fsp3) is 1.00. The lowest BCUT2D eigenvalue weighted by Crippen LogP contribution is -1.98. The van der Waals surface area contributed by atoms with Crippen LogP contribution >= 0.6 is 0 Å². The third-order valence-electron chi connectivity index (χ3n) is 0.733. The highest BCUT2D eigenvalue weighted by atomic mass is 16.3. The summed E-state index contributed by atoms with van der Waals surface area (Å²) in [4.78, 5) is 0. The van der Waals surface area contributed by atoms with Crippen LogP contribution in [-0.4, -0.2) is 11.7 Å². The molecule has 1 atom stereocenters. The van der Waals surface area contributed by atoms with Crippen molar-refractivity contribution in [1.82, 2.24) is 0 Å². The zero-order valence-electron chi connectivity index (χ0n) is 9.44. The highest BCUT2D eigenvalue weighted by molar-refractivity contribution is 4.45. The average molecular weight is 107 g/mol. The van der Waals surface area contributed by atoms with Crippen LogP contribution in [0.25, 0.3) is 0 Å². The average Bonchev–Trinajstić information content (AvgIpc) is 1.77. The van der Waals surface area contributed by atoms with Crippen LogP contribution in [-0.2, 0) is 0 Å². The molecule has 0 radical (unpaired) electrons. The van der Waals surface area contributed by atoms with E-state index >= 15 is 0 Å². The fourth-order valence-corrected chi connectivity index (χ4v) is 0.353. The molecule has 0 aliphatic heterocycles. The van der Waals surface area contributed by atoms with Gasteiger partial charge < -0.3 is 5.11 Å². The summed E-state index contributed by atoms with van der Waals surface area (Å²) >= 11 is 0. The quantitative estimate of drug-likeness (QED) is 0.578. The highest BCUT2D eigenvalue weighted by Crippen LogP contribution is 2.01. The molecule has 0 heterocycles. The van der Waals surface area contributed by atoms with Crippen LogP contribution in [0.4, 0.5) is 0 Å². The van der Waals surface area contributed by atoms with Crippen molar-refractivity contribution in [2.45, 2.75) is 26.6 Å². The molecule has 1 N–H and O–H groups in total. The Morgan fingerprint density at radius 2 is 2.71 bits per heavy atom. The van der Waals surface area contributed by atoms with Crippen LogP contribution in [0.15, 0.2) is 0 Å². The Labute approximate surface area is 52.4 Å². The van der Waals surface area contributed by atoms with Gasteiger partial charge in [-0.25, -0.2) is 0 Å². The SMILES string of the molecule is [2H]C([2H])([2H])[C@H](CCC)C([2H])([2H])O. The van der Waals surface area contributed by atoms with Gasteiger partial charge in [0.05, 0.1) is 2.74 Å². The maximum Gasteiger partial charge on any atom is 0.0566 e. The molecule has 0 aromatic carbocycles. The van der Waals surface area contributed by atoms with Gasteiger partial charge in [0, 0.05) is 10.7 Å². The van der Waals surface area contributed by atoms with Gasteiger partial charge in [-0.15, -0.1) is 0 Å². The first-order chi connectivity index (χ1) is 5.19. The molecule has 0 saturated heterocycles. The second-order valence-corrected chi connectivity index (χ2v) is 1.47. The summed E-state index contributed by atoms with van der Waals surface area (Å²) in [5, 5.41) is 8.92. The predicted molar refractivity (Wildman–Crippen MR) is 31.2 cm³/mol. The van der Waals surface area contributed by atoms with Gasteiger partial charge in [0.15, 0.2) is 0 Å². The smallest absolute Gasteiger partial charge is 0.0566 e. The molecule has 7 heavy (non-hydrogen) atoms. The lowest BCUT2D eigenvalue weighted by Gasteiger charge is -2.01. The predicted octanol–water partition coefficient (Wildman–Crippen LogP) is 1.41. The first-order valence-electron chi connectivity index (χ1n) is 4.92. The summed E-state index contributed by atoms with van der Waals surface area (Å²) in [5.41, 5.74) is 0. The van der Waals surface area contributed by atoms with Crippen molar-refractivity contribution in [3.8, 4) is 0 Å². The summed E-state index contributed by atoms with van der Waals surface area (Å²) in [6.07, 6.45) is 0.711. The Balaban J connectivity index is 4.45. The van der Waals surface area contributed by atoms with Gasteiger partial charge >= 0.3 is 0 Å². The van der Waals surface area contributed by atoms with Crippen LogP contribution in [0.2, 0.25) is 0 Å². The molecule has 0 rings (SSSR count). The van der Waals surface area contributed by atoms with Crippen LogP contribution in [0.5, 0.6) is 0 Å². The lowest BCUT2D eigenvalue weighted by atomic mass is 10.1. The van der Waals surface area contributed by atoms with E-state index in [0.717, 1.165) is 0 Å². The van der Waals surface area contributed by atoms with Gasteiger partial charge in [-0.05, 0) is 12.3 Å². The van der Waals surface area contributed by atoms with Gasteiger partial charge in [-0.3, -0.25) is 0 Å². The third-order valence-corrected chi connectivity index (χ3v) is 0.733. The fourth-order valence-electron chi connectivity index (χ4n) is 0.353. The Kier molecular flexibility index (Phi) is 1.21. The number of rotatable bonds is 3. The molecule has 0 aliphatic carbocycles. The van der Waals surface area contributed by atoms with E-state index in [1.54, 1.807) is 6.92 Å². The zero-order valence-corrected chi connectivity index (χ0v) is 4.44. The maximum absolute atomic E-state index is 8.92. The summed E-state index contributed by atoms with van der Waals surface area (Å²) in [5.74, 6) is -1.28.